The van der Waals surface area contributed by atoms with E-state index in [0.29, 0.717) is 12.2 Å². The Morgan fingerprint density at radius 2 is 1.59 bits per heavy atom. The standard InChI is InChI=1S/C30H37N5O2/c1-30(2,31)24-16-14-22(15-17-24)28-25(21-8-6-5-7-9-21)19-26(33-34-28)32-27(36)18-20-10-12-23(13-11-20)29(37)35(3)4/h5-9,14-17,19-20,23H,10-13,18,31H2,1-4H3,(H,32,33,36). The van der Waals surface area contributed by atoms with E-state index >= 15 is 0 Å². The van der Waals surface area contributed by atoms with Crippen molar-refractivity contribution >= 4 is 17.6 Å². The van der Waals surface area contributed by atoms with Crippen molar-refractivity contribution in [2.45, 2.75) is 51.5 Å². The zero-order valence-electron chi connectivity index (χ0n) is 22.2. The molecule has 4 rings (SSSR count). The zero-order valence-corrected chi connectivity index (χ0v) is 22.2. The topological polar surface area (TPSA) is 101 Å². The molecule has 0 saturated heterocycles. The van der Waals surface area contributed by atoms with E-state index in [2.05, 4.69) is 15.5 Å². The van der Waals surface area contributed by atoms with Gasteiger partial charge >= 0.3 is 0 Å². The van der Waals surface area contributed by atoms with Gasteiger partial charge in [0.25, 0.3) is 0 Å². The molecule has 7 nitrogen and oxygen atoms in total. The largest absolute Gasteiger partial charge is 0.349 e. The van der Waals surface area contributed by atoms with E-state index in [4.69, 9.17) is 5.73 Å². The van der Waals surface area contributed by atoms with Crippen molar-refractivity contribution in [2.24, 2.45) is 17.6 Å². The molecule has 3 N–H and O–H groups in total. The van der Waals surface area contributed by atoms with Crippen LogP contribution in [0.25, 0.3) is 22.4 Å². The fourth-order valence-corrected chi connectivity index (χ4v) is 5.00. The molecule has 0 unspecified atom stereocenters. The summed E-state index contributed by atoms with van der Waals surface area (Å²) in [6, 6.07) is 19.9. The first-order chi connectivity index (χ1) is 17.6. The predicted molar refractivity (Wildman–Crippen MR) is 148 cm³/mol. The van der Waals surface area contributed by atoms with Gasteiger partial charge < -0.3 is 16.0 Å². The van der Waals surface area contributed by atoms with Gasteiger partial charge in [-0.2, -0.15) is 0 Å². The number of aromatic nitrogens is 2. The SMILES string of the molecule is CN(C)C(=O)C1CCC(CC(=O)Nc2cc(-c3ccccc3)c(-c3ccc(C(C)(C)N)cc3)nn2)CC1. The number of hydrogen-bond donors (Lipinski definition) is 2. The summed E-state index contributed by atoms with van der Waals surface area (Å²) in [5, 5.41) is 11.8. The van der Waals surface area contributed by atoms with Gasteiger partial charge in [-0.05, 0) is 62.6 Å². The molecule has 3 aromatic rings. The molecule has 2 amide bonds. The number of nitrogens with two attached hydrogens (primary N) is 1. The minimum atomic E-state index is -0.429. The van der Waals surface area contributed by atoms with E-state index in [9.17, 15) is 9.59 Å². The second-order valence-corrected chi connectivity index (χ2v) is 10.9. The van der Waals surface area contributed by atoms with Gasteiger partial charge in [0.05, 0.1) is 0 Å². The van der Waals surface area contributed by atoms with Gasteiger partial charge in [0, 0.05) is 43.1 Å². The van der Waals surface area contributed by atoms with Crippen LogP contribution >= 0.6 is 0 Å². The van der Waals surface area contributed by atoms with Crippen LogP contribution in [-0.2, 0) is 15.1 Å². The van der Waals surface area contributed by atoms with Crippen LogP contribution in [0.3, 0.4) is 0 Å². The van der Waals surface area contributed by atoms with Crippen molar-refractivity contribution in [1.82, 2.24) is 15.1 Å². The summed E-state index contributed by atoms with van der Waals surface area (Å²) in [6.07, 6.45) is 3.85. The number of carbonyl (C=O) groups is 2. The fourth-order valence-electron chi connectivity index (χ4n) is 5.00. The van der Waals surface area contributed by atoms with Gasteiger partial charge in [0.1, 0.15) is 5.69 Å². The number of nitrogens with zero attached hydrogens (tertiary/aromatic N) is 3. The number of anilines is 1. The highest BCUT2D eigenvalue weighted by molar-refractivity contribution is 5.91. The Morgan fingerprint density at radius 3 is 2.19 bits per heavy atom. The van der Waals surface area contributed by atoms with Crippen molar-refractivity contribution in [1.29, 1.82) is 0 Å². The van der Waals surface area contributed by atoms with E-state index in [0.717, 1.165) is 53.6 Å². The summed E-state index contributed by atoms with van der Waals surface area (Å²) < 4.78 is 0. The lowest BCUT2D eigenvalue weighted by atomic mass is 9.80. The highest BCUT2D eigenvalue weighted by Gasteiger charge is 2.28. The molecular formula is C30H37N5O2. The summed E-state index contributed by atoms with van der Waals surface area (Å²) >= 11 is 0. The molecule has 37 heavy (non-hydrogen) atoms. The first-order valence-electron chi connectivity index (χ1n) is 13.0. The van der Waals surface area contributed by atoms with Crippen molar-refractivity contribution in [3.05, 3.63) is 66.2 Å². The molecule has 1 heterocycles. The first-order valence-corrected chi connectivity index (χ1v) is 13.0. The second kappa shape index (κ2) is 11.2. The highest BCUT2D eigenvalue weighted by Crippen LogP contribution is 2.34. The van der Waals surface area contributed by atoms with Crippen molar-refractivity contribution in [2.75, 3.05) is 19.4 Å². The molecule has 0 spiro atoms. The maximum absolute atomic E-state index is 12.9. The van der Waals surface area contributed by atoms with E-state index in [1.165, 1.54) is 0 Å². The Kier molecular flexibility index (Phi) is 8.03. The summed E-state index contributed by atoms with van der Waals surface area (Å²) in [4.78, 5) is 26.8. The van der Waals surface area contributed by atoms with Crippen molar-refractivity contribution < 1.29 is 9.59 Å². The molecule has 194 valence electrons. The maximum atomic E-state index is 12.9. The highest BCUT2D eigenvalue weighted by atomic mass is 16.2. The summed E-state index contributed by atoms with van der Waals surface area (Å²) in [5.41, 5.74) is 10.4. The van der Waals surface area contributed by atoms with Crippen LogP contribution in [-0.4, -0.2) is 41.0 Å². The van der Waals surface area contributed by atoms with E-state index in [-0.39, 0.29) is 23.7 Å². The quantitative estimate of drug-likeness (QED) is 0.464. The molecule has 0 atom stereocenters. The molecule has 0 bridgehead atoms. The summed E-state index contributed by atoms with van der Waals surface area (Å²) in [6.45, 7) is 3.95. The van der Waals surface area contributed by atoms with E-state index in [1.54, 1.807) is 19.0 Å². The zero-order chi connectivity index (χ0) is 26.6. The minimum absolute atomic E-state index is 0.0713. The van der Waals surface area contributed by atoms with Crippen LogP contribution in [0, 0.1) is 11.8 Å². The van der Waals surface area contributed by atoms with Gasteiger partial charge in [-0.25, -0.2) is 0 Å². The molecule has 1 aromatic heterocycles. The molecule has 1 aliphatic rings. The average molecular weight is 500 g/mol. The number of nitrogens with one attached hydrogen (secondary N) is 1. The Bertz CT molecular complexity index is 1230. The Labute approximate surface area is 219 Å². The molecule has 1 fully saturated rings. The van der Waals surface area contributed by atoms with E-state index < -0.39 is 5.54 Å². The fraction of sp³-hybridized carbons (Fsp3) is 0.400. The normalized spacial score (nSPS) is 17.8. The first kappa shape index (κ1) is 26.5. The maximum Gasteiger partial charge on any atom is 0.225 e. The van der Waals surface area contributed by atoms with Gasteiger partial charge in [-0.1, -0.05) is 54.6 Å². The molecule has 1 saturated carbocycles. The molecule has 0 radical (unpaired) electrons. The van der Waals surface area contributed by atoms with Gasteiger partial charge in [0.2, 0.25) is 11.8 Å². The molecule has 0 aliphatic heterocycles. The van der Waals surface area contributed by atoms with Crippen LogP contribution in [0.4, 0.5) is 5.82 Å². The number of hydrogen-bond acceptors (Lipinski definition) is 5. The number of benzene rings is 2. The molecule has 1 aliphatic carbocycles. The van der Waals surface area contributed by atoms with Crippen LogP contribution in [0.2, 0.25) is 0 Å². The van der Waals surface area contributed by atoms with Crippen LogP contribution in [0.15, 0.2) is 60.7 Å². The number of amides is 2. The van der Waals surface area contributed by atoms with E-state index in [1.807, 2.05) is 74.5 Å². The van der Waals surface area contributed by atoms with Crippen LogP contribution in [0.5, 0.6) is 0 Å². The Morgan fingerprint density at radius 1 is 0.946 bits per heavy atom. The van der Waals surface area contributed by atoms with Crippen LogP contribution < -0.4 is 11.1 Å². The number of carbonyl (C=O) groups excluding carboxylic acids is 2. The Hall–Kier alpha value is -3.58. The lowest BCUT2D eigenvalue weighted by Gasteiger charge is -2.29. The third kappa shape index (κ3) is 6.60. The predicted octanol–water partition coefficient (Wildman–Crippen LogP) is 5.23. The smallest absolute Gasteiger partial charge is 0.225 e. The Balaban J connectivity index is 1.49. The third-order valence-electron chi connectivity index (χ3n) is 7.16. The second-order valence-electron chi connectivity index (χ2n) is 10.9. The molecule has 2 aromatic carbocycles. The lowest BCUT2D eigenvalue weighted by molar-refractivity contribution is -0.134. The van der Waals surface area contributed by atoms with Crippen LogP contribution in [0.1, 0.15) is 51.5 Å². The average Bonchev–Trinajstić information content (AvgIpc) is 2.88. The van der Waals surface area contributed by atoms with Gasteiger partial charge in [-0.3, -0.25) is 9.59 Å². The minimum Gasteiger partial charge on any atom is -0.349 e. The van der Waals surface area contributed by atoms with Crippen molar-refractivity contribution in [3.8, 4) is 22.4 Å². The van der Waals surface area contributed by atoms with Gasteiger partial charge in [0.15, 0.2) is 5.82 Å². The monoisotopic (exact) mass is 499 g/mol. The molecular weight excluding hydrogens is 462 g/mol. The summed E-state index contributed by atoms with van der Waals surface area (Å²) in [5.74, 6) is 0.901. The molecule has 7 heteroatoms. The summed E-state index contributed by atoms with van der Waals surface area (Å²) in [7, 11) is 3.60. The van der Waals surface area contributed by atoms with Crippen molar-refractivity contribution in [3.63, 3.8) is 0 Å². The lowest BCUT2D eigenvalue weighted by Crippen LogP contribution is -2.32. The third-order valence-corrected chi connectivity index (χ3v) is 7.16. The van der Waals surface area contributed by atoms with Gasteiger partial charge in [-0.15, -0.1) is 10.2 Å². The number of rotatable bonds is 7.